The van der Waals surface area contributed by atoms with Crippen molar-refractivity contribution in [3.63, 3.8) is 0 Å². The first-order valence-electron chi connectivity index (χ1n) is 4.84. The zero-order chi connectivity index (χ0) is 10.4. The molecule has 0 aliphatic rings. The van der Waals surface area contributed by atoms with Crippen LogP contribution in [0.2, 0.25) is 0 Å². The van der Waals surface area contributed by atoms with Gasteiger partial charge in [0.1, 0.15) is 6.61 Å². The molecule has 0 aliphatic carbocycles. The molecule has 1 rings (SSSR count). The van der Waals surface area contributed by atoms with Crippen LogP contribution >= 0.6 is 0 Å². The van der Waals surface area contributed by atoms with Gasteiger partial charge in [-0.3, -0.25) is 0 Å². The summed E-state index contributed by atoms with van der Waals surface area (Å²) >= 11 is 0. The van der Waals surface area contributed by atoms with Gasteiger partial charge in [0, 0.05) is 6.04 Å². The number of para-hydroxylation sites is 2. The highest BCUT2D eigenvalue weighted by atomic mass is 16.5. The van der Waals surface area contributed by atoms with Crippen molar-refractivity contribution in [3.05, 3.63) is 24.3 Å². The molecule has 3 heteroatoms. The highest BCUT2D eigenvalue weighted by molar-refractivity contribution is 5.39. The Balaban J connectivity index is 2.64. The normalized spacial score (nSPS) is 12.2. The van der Waals surface area contributed by atoms with Gasteiger partial charge in [0.2, 0.25) is 0 Å². The second kappa shape index (κ2) is 5.50. The van der Waals surface area contributed by atoms with E-state index >= 15 is 0 Å². The summed E-state index contributed by atoms with van der Waals surface area (Å²) in [7, 11) is 0. The summed E-state index contributed by atoms with van der Waals surface area (Å²) in [4.78, 5) is 0. The first-order chi connectivity index (χ1) is 6.74. The average Bonchev–Trinajstić information content (AvgIpc) is 2.17. The molecule has 0 saturated carbocycles. The topological polar surface area (TPSA) is 44.5 Å². The monoisotopic (exact) mass is 195 g/mol. The van der Waals surface area contributed by atoms with Gasteiger partial charge in [-0.2, -0.15) is 0 Å². The first kappa shape index (κ1) is 10.9. The molecule has 0 bridgehead atoms. The zero-order valence-corrected chi connectivity index (χ0v) is 8.69. The fourth-order valence-electron chi connectivity index (χ4n) is 1.07. The Kier molecular flexibility index (Phi) is 4.26. The molecular weight excluding hydrogens is 178 g/mol. The lowest BCUT2D eigenvalue weighted by Crippen LogP contribution is -2.23. The number of hydrogen-bond acceptors (Lipinski definition) is 3. The standard InChI is InChI=1S/C11H17NO2/c1-3-13-10-6-4-5-7-11(10)14-8-9(2)12/h4-7,9H,3,8,12H2,1-2H3/t9-/m1/s1. The largest absolute Gasteiger partial charge is 0.490 e. The van der Waals surface area contributed by atoms with Crippen molar-refractivity contribution in [1.82, 2.24) is 0 Å². The van der Waals surface area contributed by atoms with E-state index in [4.69, 9.17) is 15.2 Å². The minimum Gasteiger partial charge on any atom is -0.490 e. The Hall–Kier alpha value is -1.22. The van der Waals surface area contributed by atoms with Crippen LogP contribution < -0.4 is 15.2 Å². The van der Waals surface area contributed by atoms with Crippen LogP contribution in [0, 0.1) is 0 Å². The minimum absolute atomic E-state index is 0.0321. The second-order valence-corrected chi connectivity index (χ2v) is 3.17. The number of hydrogen-bond donors (Lipinski definition) is 1. The number of ether oxygens (including phenoxy) is 2. The van der Waals surface area contributed by atoms with E-state index in [1.54, 1.807) is 0 Å². The minimum atomic E-state index is 0.0321. The summed E-state index contributed by atoms with van der Waals surface area (Å²) in [5, 5.41) is 0. The summed E-state index contributed by atoms with van der Waals surface area (Å²) < 4.78 is 10.9. The van der Waals surface area contributed by atoms with Crippen molar-refractivity contribution in [1.29, 1.82) is 0 Å². The lowest BCUT2D eigenvalue weighted by molar-refractivity contribution is 0.265. The Labute approximate surface area is 84.8 Å². The van der Waals surface area contributed by atoms with Crippen molar-refractivity contribution < 1.29 is 9.47 Å². The van der Waals surface area contributed by atoms with Crippen LogP contribution in [0.1, 0.15) is 13.8 Å². The van der Waals surface area contributed by atoms with E-state index in [2.05, 4.69) is 0 Å². The highest BCUT2D eigenvalue weighted by Crippen LogP contribution is 2.26. The van der Waals surface area contributed by atoms with Gasteiger partial charge in [-0.25, -0.2) is 0 Å². The van der Waals surface area contributed by atoms with Gasteiger partial charge in [-0.1, -0.05) is 12.1 Å². The molecule has 0 saturated heterocycles. The zero-order valence-electron chi connectivity index (χ0n) is 8.69. The van der Waals surface area contributed by atoms with E-state index < -0.39 is 0 Å². The van der Waals surface area contributed by atoms with Gasteiger partial charge in [-0.05, 0) is 26.0 Å². The second-order valence-electron chi connectivity index (χ2n) is 3.17. The van der Waals surface area contributed by atoms with E-state index in [9.17, 15) is 0 Å². The molecule has 0 heterocycles. The summed E-state index contributed by atoms with van der Waals surface area (Å²) in [6.45, 7) is 4.99. The summed E-state index contributed by atoms with van der Waals surface area (Å²) in [6.07, 6.45) is 0. The van der Waals surface area contributed by atoms with Crippen LogP contribution in [-0.4, -0.2) is 19.3 Å². The molecule has 2 N–H and O–H groups in total. The average molecular weight is 195 g/mol. The molecule has 0 fully saturated rings. The Morgan fingerprint density at radius 2 is 1.79 bits per heavy atom. The van der Waals surface area contributed by atoms with Crippen molar-refractivity contribution in [2.75, 3.05) is 13.2 Å². The lowest BCUT2D eigenvalue weighted by Gasteiger charge is -2.12. The van der Waals surface area contributed by atoms with Crippen molar-refractivity contribution in [2.24, 2.45) is 5.73 Å². The molecule has 0 unspecified atom stereocenters. The van der Waals surface area contributed by atoms with Gasteiger partial charge in [0.15, 0.2) is 11.5 Å². The Bertz CT molecular complexity index is 274. The van der Waals surface area contributed by atoms with Crippen molar-refractivity contribution >= 4 is 0 Å². The third-order valence-electron chi connectivity index (χ3n) is 1.65. The van der Waals surface area contributed by atoms with Crippen molar-refractivity contribution in [2.45, 2.75) is 19.9 Å². The smallest absolute Gasteiger partial charge is 0.161 e. The molecule has 0 spiro atoms. The fraction of sp³-hybridized carbons (Fsp3) is 0.455. The van der Waals surface area contributed by atoms with E-state index in [-0.39, 0.29) is 6.04 Å². The van der Waals surface area contributed by atoms with Crippen LogP contribution in [0.15, 0.2) is 24.3 Å². The van der Waals surface area contributed by atoms with E-state index in [1.165, 1.54) is 0 Å². The maximum atomic E-state index is 5.60. The van der Waals surface area contributed by atoms with Gasteiger partial charge in [-0.15, -0.1) is 0 Å². The predicted molar refractivity (Wildman–Crippen MR) is 56.8 cm³/mol. The first-order valence-corrected chi connectivity index (χ1v) is 4.84. The summed E-state index contributed by atoms with van der Waals surface area (Å²) in [5.74, 6) is 1.53. The molecule has 0 amide bonds. The molecule has 1 aromatic rings. The third-order valence-corrected chi connectivity index (χ3v) is 1.65. The predicted octanol–water partition coefficient (Wildman–Crippen LogP) is 1.81. The van der Waals surface area contributed by atoms with Gasteiger partial charge in [0.25, 0.3) is 0 Å². The van der Waals surface area contributed by atoms with Crippen LogP contribution in [0.4, 0.5) is 0 Å². The number of nitrogens with two attached hydrogens (primary N) is 1. The molecule has 1 aromatic carbocycles. The molecule has 3 nitrogen and oxygen atoms in total. The van der Waals surface area contributed by atoms with Crippen LogP contribution in [0.25, 0.3) is 0 Å². The van der Waals surface area contributed by atoms with Crippen LogP contribution in [0.3, 0.4) is 0 Å². The SMILES string of the molecule is CCOc1ccccc1OC[C@@H](C)N. The fourth-order valence-corrected chi connectivity index (χ4v) is 1.07. The number of rotatable bonds is 5. The molecule has 0 aromatic heterocycles. The molecule has 0 radical (unpaired) electrons. The Morgan fingerprint density at radius 1 is 1.21 bits per heavy atom. The lowest BCUT2D eigenvalue weighted by atomic mass is 10.3. The molecular formula is C11H17NO2. The number of benzene rings is 1. The quantitative estimate of drug-likeness (QED) is 0.779. The molecule has 1 atom stereocenters. The van der Waals surface area contributed by atoms with Crippen LogP contribution in [0.5, 0.6) is 11.5 Å². The molecule has 0 aliphatic heterocycles. The van der Waals surface area contributed by atoms with Crippen molar-refractivity contribution in [3.8, 4) is 11.5 Å². The Morgan fingerprint density at radius 3 is 2.29 bits per heavy atom. The maximum absolute atomic E-state index is 5.60. The van der Waals surface area contributed by atoms with Gasteiger partial charge < -0.3 is 15.2 Å². The van der Waals surface area contributed by atoms with Crippen LogP contribution in [-0.2, 0) is 0 Å². The van der Waals surface area contributed by atoms with Gasteiger partial charge in [0.05, 0.1) is 6.61 Å². The van der Waals surface area contributed by atoms with E-state index in [0.29, 0.717) is 13.2 Å². The molecule has 78 valence electrons. The molecule has 14 heavy (non-hydrogen) atoms. The van der Waals surface area contributed by atoms with Gasteiger partial charge >= 0.3 is 0 Å². The maximum Gasteiger partial charge on any atom is 0.161 e. The van der Waals surface area contributed by atoms with E-state index in [1.807, 2.05) is 38.1 Å². The van der Waals surface area contributed by atoms with E-state index in [0.717, 1.165) is 11.5 Å². The summed E-state index contributed by atoms with van der Waals surface area (Å²) in [5.41, 5.74) is 5.60. The third kappa shape index (κ3) is 3.26. The highest BCUT2D eigenvalue weighted by Gasteiger charge is 2.03. The summed E-state index contributed by atoms with van der Waals surface area (Å²) in [6, 6.07) is 7.64.